The Kier molecular flexibility index (Phi) is 3.76. The number of imidazole rings is 1. The third-order valence-corrected chi connectivity index (χ3v) is 4.77. The lowest BCUT2D eigenvalue weighted by Crippen LogP contribution is -2.00. The van der Waals surface area contributed by atoms with Gasteiger partial charge >= 0.3 is 0 Å². The lowest BCUT2D eigenvalue weighted by molar-refractivity contribution is 0.711. The normalized spacial score (nSPS) is 11.3. The minimum Gasteiger partial charge on any atom is -0.330 e. The van der Waals surface area contributed by atoms with E-state index in [1.807, 2.05) is 11.7 Å². The number of fused-ring (bicyclic) bond motifs is 1. The van der Waals surface area contributed by atoms with E-state index in [4.69, 9.17) is 11.6 Å². The molecule has 0 aliphatic heterocycles. The summed E-state index contributed by atoms with van der Waals surface area (Å²) in [6, 6.07) is 4.36. The fourth-order valence-corrected chi connectivity index (χ4v) is 3.25. The molecule has 2 aromatic heterocycles. The van der Waals surface area contributed by atoms with Crippen molar-refractivity contribution in [3.8, 4) is 0 Å². The van der Waals surface area contributed by atoms with Gasteiger partial charge in [0.1, 0.15) is 0 Å². The molecule has 0 unspecified atom stereocenters. The maximum Gasteiger partial charge on any atom is 0.0958 e. The van der Waals surface area contributed by atoms with Crippen LogP contribution < -0.4 is 0 Å². The van der Waals surface area contributed by atoms with Crippen LogP contribution in [0.2, 0.25) is 0 Å². The zero-order valence-corrected chi connectivity index (χ0v) is 13.1. The first-order chi connectivity index (χ1) is 9.67. The third kappa shape index (κ3) is 2.58. The average molecular weight is 306 g/mol. The van der Waals surface area contributed by atoms with E-state index < -0.39 is 0 Å². The Morgan fingerprint density at radius 2 is 2.05 bits per heavy atom. The van der Waals surface area contributed by atoms with Crippen molar-refractivity contribution in [2.24, 2.45) is 0 Å². The predicted octanol–water partition coefficient (Wildman–Crippen LogP) is 4.09. The summed E-state index contributed by atoms with van der Waals surface area (Å²) in [5.74, 6) is 0.489. The van der Waals surface area contributed by atoms with Gasteiger partial charge in [0.05, 0.1) is 33.9 Å². The summed E-state index contributed by atoms with van der Waals surface area (Å²) < 4.78 is 2.20. The highest BCUT2D eigenvalue weighted by Crippen LogP contribution is 2.19. The molecule has 0 atom stereocenters. The maximum atomic E-state index is 5.78. The number of hydrogen-bond donors (Lipinski definition) is 0. The Balaban J connectivity index is 1.82. The number of halogens is 1. The van der Waals surface area contributed by atoms with E-state index in [9.17, 15) is 0 Å². The van der Waals surface area contributed by atoms with Gasteiger partial charge in [0.15, 0.2) is 0 Å². The van der Waals surface area contributed by atoms with Crippen LogP contribution in [0.1, 0.15) is 21.8 Å². The highest BCUT2D eigenvalue weighted by Gasteiger charge is 2.06. The van der Waals surface area contributed by atoms with Gasteiger partial charge in [-0.2, -0.15) is 0 Å². The molecule has 0 radical (unpaired) electrons. The molecule has 0 aliphatic rings. The van der Waals surface area contributed by atoms with Crippen molar-refractivity contribution in [1.82, 2.24) is 14.5 Å². The van der Waals surface area contributed by atoms with Crippen LogP contribution in [-0.2, 0) is 18.8 Å². The predicted molar refractivity (Wildman–Crippen MR) is 84.6 cm³/mol. The van der Waals surface area contributed by atoms with E-state index in [0.29, 0.717) is 5.88 Å². The number of alkyl halides is 1. The molecule has 104 valence electrons. The Bertz CT molecular complexity index is 745. The van der Waals surface area contributed by atoms with Crippen molar-refractivity contribution in [2.45, 2.75) is 32.7 Å². The van der Waals surface area contributed by atoms with Gasteiger partial charge in [0.25, 0.3) is 0 Å². The van der Waals surface area contributed by atoms with Gasteiger partial charge < -0.3 is 4.57 Å². The molecule has 20 heavy (non-hydrogen) atoms. The lowest BCUT2D eigenvalue weighted by atomic mass is 10.1. The van der Waals surface area contributed by atoms with Crippen LogP contribution in [0.3, 0.4) is 0 Å². The van der Waals surface area contributed by atoms with Crippen LogP contribution in [0.25, 0.3) is 11.0 Å². The number of rotatable bonds is 4. The second kappa shape index (κ2) is 5.54. The Labute approximate surface area is 127 Å². The van der Waals surface area contributed by atoms with Gasteiger partial charge in [-0.05, 0) is 37.1 Å². The zero-order chi connectivity index (χ0) is 14.1. The molecule has 5 heteroatoms. The highest BCUT2D eigenvalue weighted by atomic mass is 35.5. The van der Waals surface area contributed by atoms with Gasteiger partial charge in [-0.15, -0.1) is 22.9 Å². The molecule has 0 bridgehead atoms. The van der Waals surface area contributed by atoms with Crippen molar-refractivity contribution in [3.63, 3.8) is 0 Å². The summed E-state index contributed by atoms with van der Waals surface area (Å²) in [5.41, 5.74) is 5.82. The first-order valence-corrected chi connectivity index (χ1v) is 8.00. The summed E-state index contributed by atoms with van der Waals surface area (Å²) in [6.07, 6.45) is 2.83. The minimum atomic E-state index is 0.489. The Morgan fingerprint density at radius 3 is 2.80 bits per heavy atom. The van der Waals surface area contributed by atoms with Crippen LogP contribution in [0, 0.1) is 13.8 Å². The molecular formula is C15H16ClN3S. The van der Waals surface area contributed by atoms with E-state index in [-0.39, 0.29) is 0 Å². The minimum absolute atomic E-state index is 0.489. The molecular weight excluding hydrogens is 290 g/mol. The molecule has 0 N–H and O–H groups in total. The van der Waals surface area contributed by atoms with Crippen LogP contribution in [0.4, 0.5) is 0 Å². The standard InChI is InChI=1S/C15H16ClN3S/c1-10-5-13-14(6-11(10)2)19(9-17-13)4-3-15-18-12(7-16)8-20-15/h5-6,8-9H,3-4,7H2,1-2H3. The third-order valence-electron chi connectivity index (χ3n) is 3.54. The fraction of sp³-hybridized carbons (Fsp3) is 0.333. The number of hydrogen-bond acceptors (Lipinski definition) is 3. The van der Waals surface area contributed by atoms with E-state index in [1.54, 1.807) is 11.3 Å². The number of thiazole rings is 1. The van der Waals surface area contributed by atoms with Crippen LogP contribution >= 0.6 is 22.9 Å². The summed E-state index contributed by atoms with van der Waals surface area (Å²) in [4.78, 5) is 8.97. The van der Waals surface area contributed by atoms with Crippen molar-refractivity contribution < 1.29 is 0 Å². The van der Waals surface area contributed by atoms with Crippen molar-refractivity contribution >= 4 is 34.0 Å². The Hall–Kier alpha value is -1.39. The molecule has 0 saturated heterocycles. The first kappa shape index (κ1) is 13.6. The summed E-state index contributed by atoms with van der Waals surface area (Å²) in [6.45, 7) is 5.16. The largest absolute Gasteiger partial charge is 0.330 e. The smallest absolute Gasteiger partial charge is 0.0958 e. The summed E-state index contributed by atoms with van der Waals surface area (Å²) >= 11 is 7.46. The fourth-order valence-electron chi connectivity index (χ4n) is 2.23. The number of aryl methyl sites for hydroxylation is 4. The summed E-state index contributed by atoms with van der Waals surface area (Å²) in [7, 11) is 0. The molecule has 3 aromatic rings. The van der Waals surface area contributed by atoms with Crippen molar-refractivity contribution in [2.75, 3.05) is 0 Å². The quantitative estimate of drug-likeness (QED) is 0.680. The molecule has 0 fully saturated rings. The topological polar surface area (TPSA) is 30.7 Å². The van der Waals surface area contributed by atoms with Gasteiger partial charge in [0, 0.05) is 18.3 Å². The van der Waals surface area contributed by atoms with Crippen LogP contribution in [0.15, 0.2) is 23.8 Å². The molecule has 3 nitrogen and oxygen atoms in total. The van der Waals surface area contributed by atoms with Crippen molar-refractivity contribution in [3.05, 3.63) is 45.7 Å². The number of aromatic nitrogens is 3. The second-order valence-electron chi connectivity index (χ2n) is 4.98. The molecule has 0 saturated carbocycles. The average Bonchev–Trinajstić information content (AvgIpc) is 3.04. The molecule has 3 rings (SSSR count). The van der Waals surface area contributed by atoms with Gasteiger partial charge in [-0.3, -0.25) is 0 Å². The van der Waals surface area contributed by atoms with Gasteiger partial charge in [0.2, 0.25) is 0 Å². The van der Waals surface area contributed by atoms with Crippen molar-refractivity contribution in [1.29, 1.82) is 0 Å². The monoisotopic (exact) mass is 305 g/mol. The molecule has 0 spiro atoms. The SMILES string of the molecule is Cc1cc2ncn(CCc3nc(CCl)cs3)c2cc1C. The van der Waals surface area contributed by atoms with E-state index >= 15 is 0 Å². The van der Waals surface area contributed by atoms with E-state index in [0.717, 1.165) is 29.2 Å². The maximum absolute atomic E-state index is 5.78. The lowest BCUT2D eigenvalue weighted by Gasteiger charge is -2.05. The van der Waals surface area contributed by atoms with E-state index in [2.05, 4.69) is 40.5 Å². The molecule has 1 aromatic carbocycles. The molecule has 0 aliphatic carbocycles. The van der Waals surface area contributed by atoms with Crippen LogP contribution in [0.5, 0.6) is 0 Å². The zero-order valence-electron chi connectivity index (χ0n) is 11.6. The second-order valence-corrected chi connectivity index (χ2v) is 6.19. The van der Waals surface area contributed by atoms with Gasteiger partial charge in [-0.1, -0.05) is 0 Å². The number of benzene rings is 1. The van der Waals surface area contributed by atoms with Gasteiger partial charge in [-0.25, -0.2) is 9.97 Å². The molecule has 0 amide bonds. The highest BCUT2D eigenvalue weighted by molar-refractivity contribution is 7.09. The first-order valence-electron chi connectivity index (χ1n) is 6.58. The van der Waals surface area contributed by atoms with E-state index in [1.165, 1.54) is 16.6 Å². The summed E-state index contributed by atoms with van der Waals surface area (Å²) in [5, 5.41) is 3.16. The Morgan fingerprint density at radius 1 is 1.25 bits per heavy atom. The van der Waals surface area contributed by atoms with Crippen LogP contribution in [-0.4, -0.2) is 14.5 Å². The number of nitrogens with zero attached hydrogens (tertiary/aromatic N) is 3. The molecule has 2 heterocycles.